The fourth-order valence-corrected chi connectivity index (χ4v) is 3.92. The lowest BCUT2D eigenvalue weighted by molar-refractivity contribution is 0.100. The van der Waals surface area contributed by atoms with Crippen molar-refractivity contribution in [2.75, 3.05) is 18.9 Å². The van der Waals surface area contributed by atoms with E-state index in [4.69, 9.17) is 15.2 Å². The van der Waals surface area contributed by atoms with Gasteiger partial charge in [-0.2, -0.15) is 0 Å². The molecule has 9 nitrogen and oxygen atoms in total. The number of hydrogen-bond acceptors (Lipinski definition) is 7. The van der Waals surface area contributed by atoms with Crippen molar-refractivity contribution in [3.63, 3.8) is 0 Å². The zero-order chi connectivity index (χ0) is 21.7. The van der Waals surface area contributed by atoms with E-state index in [1.54, 1.807) is 48.5 Å². The third-order valence-corrected chi connectivity index (χ3v) is 5.39. The van der Waals surface area contributed by atoms with Gasteiger partial charge in [-0.25, -0.2) is 18.4 Å². The number of carbonyl (C=O) groups excluding carboxylic acids is 1. The maximum atomic E-state index is 12.7. The van der Waals surface area contributed by atoms with Crippen LogP contribution in [0.4, 0.5) is 5.95 Å². The van der Waals surface area contributed by atoms with Gasteiger partial charge in [0.15, 0.2) is 0 Å². The largest absolute Gasteiger partial charge is 0.496 e. The molecule has 0 aliphatic rings. The van der Waals surface area contributed by atoms with Gasteiger partial charge in [-0.3, -0.25) is 9.52 Å². The standard InChI is InChI=1S/C20H20N4O5S/c1-28-17-4-3-5-18(29-2)15(17)12-30(26,27)24-20-22-11-10-16(23-20)13-6-8-14(9-7-13)19(21)25/h3-11H,12H2,1-2H3,(H2,21,25)(H,22,23,24). The third kappa shape index (κ3) is 4.84. The molecule has 0 spiro atoms. The Bertz CT molecular complexity index is 1140. The minimum Gasteiger partial charge on any atom is -0.496 e. The number of carbonyl (C=O) groups is 1. The number of amides is 1. The molecule has 0 unspecified atom stereocenters. The summed E-state index contributed by atoms with van der Waals surface area (Å²) in [7, 11) is -0.960. The fourth-order valence-electron chi connectivity index (χ4n) is 2.81. The number of sulfonamides is 1. The first-order valence-electron chi connectivity index (χ1n) is 8.76. The van der Waals surface area contributed by atoms with E-state index in [1.807, 2.05) is 0 Å². The topological polar surface area (TPSA) is 134 Å². The highest BCUT2D eigenvalue weighted by Crippen LogP contribution is 2.30. The summed E-state index contributed by atoms with van der Waals surface area (Å²) >= 11 is 0. The molecule has 1 amide bonds. The summed E-state index contributed by atoms with van der Waals surface area (Å²) in [6.07, 6.45) is 1.44. The number of benzene rings is 2. The maximum Gasteiger partial charge on any atom is 0.248 e. The molecule has 30 heavy (non-hydrogen) atoms. The Labute approximate surface area is 173 Å². The van der Waals surface area contributed by atoms with Gasteiger partial charge in [-0.15, -0.1) is 0 Å². The minimum atomic E-state index is -3.87. The van der Waals surface area contributed by atoms with Crippen molar-refractivity contribution in [3.8, 4) is 22.8 Å². The summed E-state index contributed by atoms with van der Waals surface area (Å²) in [5.41, 5.74) is 7.14. The monoisotopic (exact) mass is 428 g/mol. The van der Waals surface area contributed by atoms with Gasteiger partial charge in [0.1, 0.15) is 17.3 Å². The number of nitrogens with zero attached hydrogens (tertiary/aromatic N) is 2. The predicted molar refractivity (Wildman–Crippen MR) is 112 cm³/mol. The second-order valence-electron chi connectivity index (χ2n) is 6.21. The molecule has 0 atom stereocenters. The summed E-state index contributed by atoms with van der Waals surface area (Å²) in [6.45, 7) is 0. The number of aromatic nitrogens is 2. The molecule has 1 aromatic heterocycles. The molecule has 3 aromatic rings. The first kappa shape index (κ1) is 21.1. The van der Waals surface area contributed by atoms with E-state index in [-0.39, 0.29) is 11.7 Å². The summed E-state index contributed by atoms with van der Waals surface area (Å²) in [6, 6.07) is 13.1. The van der Waals surface area contributed by atoms with Crippen LogP contribution in [-0.2, 0) is 15.8 Å². The number of nitrogens with one attached hydrogen (secondary N) is 1. The molecule has 0 saturated heterocycles. The Morgan fingerprint density at radius 2 is 1.67 bits per heavy atom. The number of primary amides is 1. The number of ether oxygens (including phenoxy) is 2. The lowest BCUT2D eigenvalue weighted by Crippen LogP contribution is -2.18. The van der Waals surface area contributed by atoms with E-state index < -0.39 is 15.9 Å². The van der Waals surface area contributed by atoms with Crippen molar-refractivity contribution in [2.45, 2.75) is 5.75 Å². The van der Waals surface area contributed by atoms with Gasteiger partial charge < -0.3 is 15.2 Å². The number of anilines is 1. The summed E-state index contributed by atoms with van der Waals surface area (Å²) < 4.78 is 38.3. The van der Waals surface area contributed by atoms with Gasteiger partial charge in [0.05, 0.1) is 25.5 Å². The lowest BCUT2D eigenvalue weighted by Gasteiger charge is -2.14. The van der Waals surface area contributed by atoms with Crippen LogP contribution in [0.3, 0.4) is 0 Å². The van der Waals surface area contributed by atoms with Crippen LogP contribution in [-0.4, -0.2) is 38.5 Å². The highest BCUT2D eigenvalue weighted by Gasteiger charge is 2.20. The fraction of sp³-hybridized carbons (Fsp3) is 0.150. The normalized spacial score (nSPS) is 11.0. The van der Waals surface area contributed by atoms with E-state index in [1.165, 1.54) is 20.4 Å². The molecule has 3 N–H and O–H groups in total. The lowest BCUT2D eigenvalue weighted by atomic mass is 10.1. The molecule has 0 fully saturated rings. The quantitative estimate of drug-likeness (QED) is 0.562. The number of rotatable bonds is 8. The van der Waals surface area contributed by atoms with Crippen molar-refractivity contribution in [3.05, 3.63) is 65.9 Å². The van der Waals surface area contributed by atoms with Crippen LogP contribution in [0.2, 0.25) is 0 Å². The number of hydrogen-bond donors (Lipinski definition) is 2. The van der Waals surface area contributed by atoms with Gasteiger partial charge in [0, 0.05) is 17.3 Å². The van der Waals surface area contributed by atoms with E-state index in [0.717, 1.165) is 0 Å². The second kappa shape index (κ2) is 8.78. The second-order valence-corrected chi connectivity index (χ2v) is 7.93. The van der Waals surface area contributed by atoms with E-state index in [0.29, 0.717) is 33.9 Å². The molecule has 10 heteroatoms. The molecule has 156 valence electrons. The first-order valence-corrected chi connectivity index (χ1v) is 10.4. The predicted octanol–water partition coefficient (Wildman–Crippen LogP) is 2.20. The highest BCUT2D eigenvalue weighted by atomic mass is 32.2. The van der Waals surface area contributed by atoms with Crippen LogP contribution >= 0.6 is 0 Å². The highest BCUT2D eigenvalue weighted by molar-refractivity contribution is 7.91. The summed E-state index contributed by atoms with van der Waals surface area (Å²) in [5, 5.41) is 0. The Morgan fingerprint density at radius 3 is 2.23 bits per heavy atom. The Kier molecular flexibility index (Phi) is 6.17. The van der Waals surface area contributed by atoms with Crippen molar-refractivity contribution in [2.24, 2.45) is 5.73 Å². The van der Waals surface area contributed by atoms with Crippen LogP contribution in [0.1, 0.15) is 15.9 Å². The molecule has 0 radical (unpaired) electrons. The van der Waals surface area contributed by atoms with Crippen molar-refractivity contribution in [1.29, 1.82) is 0 Å². The van der Waals surface area contributed by atoms with Crippen LogP contribution < -0.4 is 19.9 Å². The number of nitrogens with two attached hydrogens (primary N) is 1. The molecule has 0 aliphatic heterocycles. The average molecular weight is 428 g/mol. The van der Waals surface area contributed by atoms with Gasteiger partial charge in [0.2, 0.25) is 21.9 Å². The van der Waals surface area contributed by atoms with E-state index >= 15 is 0 Å². The van der Waals surface area contributed by atoms with Crippen molar-refractivity contribution >= 4 is 21.9 Å². The van der Waals surface area contributed by atoms with Crippen LogP contribution in [0.5, 0.6) is 11.5 Å². The zero-order valence-corrected chi connectivity index (χ0v) is 17.1. The van der Waals surface area contributed by atoms with Gasteiger partial charge in [-0.1, -0.05) is 18.2 Å². The van der Waals surface area contributed by atoms with Gasteiger partial charge >= 0.3 is 0 Å². The first-order chi connectivity index (χ1) is 14.3. The van der Waals surface area contributed by atoms with Crippen LogP contribution in [0, 0.1) is 0 Å². The van der Waals surface area contributed by atoms with Crippen molar-refractivity contribution in [1.82, 2.24) is 9.97 Å². The Morgan fingerprint density at radius 1 is 1.03 bits per heavy atom. The SMILES string of the molecule is COc1cccc(OC)c1CS(=O)(=O)Nc1nccc(-c2ccc(C(N)=O)cc2)n1. The molecular formula is C20H20N4O5S. The smallest absolute Gasteiger partial charge is 0.248 e. The molecule has 0 saturated carbocycles. The summed E-state index contributed by atoms with van der Waals surface area (Å²) in [4.78, 5) is 19.4. The zero-order valence-electron chi connectivity index (χ0n) is 16.3. The van der Waals surface area contributed by atoms with Gasteiger partial charge in [-0.05, 0) is 30.3 Å². The minimum absolute atomic E-state index is 0.0830. The number of methoxy groups -OCH3 is 2. The molecule has 1 heterocycles. The molecule has 2 aromatic carbocycles. The summed E-state index contributed by atoms with van der Waals surface area (Å²) in [5.74, 6) is -0.223. The van der Waals surface area contributed by atoms with E-state index in [2.05, 4.69) is 14.7 Å². The van der Waals surface area contributed by atoms with Crippen molar-refractivity contribution < 1.29 is 22.7 Å². The molecular weight excluding hydrogens is 408 g/mol. The molecule has 3 rings (SSSR count). The average Bonchev–Trinajstić information content (AvgIpc) is 2.73. The van der Waals surface area contributed by atoms with Crippen LogP contribution in [0.15, 0.2) is 54.7 Å². The van der Waals surface area contributed by atoms with E-state index in [9.17, 15) is 13.2 Å². The van der Waals surface area contributed by atoms with Crippen LogP contribution in [0.25, 0.3) is 11.3 Å². The molecule has 0 bridgehead atoms. The Balaban J connectivity index is 1.84. The van der Waals surface area contributed by atoms with Gasteiger partial charge in [0.25, 0.3) is 0 Å². The third-order valence-electron chi connectivity index (χ3n) is 4.23. The maximum absolute atomic E-state index is 12.7. The Hall–Kier alpha value is -3.66. The molecule has 0 aliphatic carbocycles.